The third-order valence-corrected chi connectivity index (χ3v) is 4.43. The minimum Gasteiger partial charge on any atom is -0.398 e. The van der Waals surface area contributed by atoms with Gasteiger partial charge in [-0.25, -0.2) is 19.9 Å². The number of rotatable bonds is 2. The summed E-state index contributed by atoms with van der Waals surface area (Å²) in [4.78, 5) is 21.1. The van der Waals surface area contributed by atoms with Crippen molar-refractivity contribution < 1.29 is 0 Å². The number of nitrogen functional groups attached to an aromatic ring is 1. The van der Waals surface area contributed by atoms with E-state index in [-0.39, 0.29) is 0 Å². The Morgan fingerprint density at radius 2 is 1.96 bits per heavy atom. The molecule has 0 aliphatic rings. The van der Waals surface area contributed by atoms with Gasteiger partial charge in [-0.1, -0.05) is 6.07 Å². The molecule has 126 valence electrons. The van der Waals surface area contributed by atoms with Crippen LogP contribution in [0, 0.1) is 6.92 Å². The minimum absolute atomic E-state index is 0.674. The Hall–Kier alpha value is -3.74. The van der Waals surface area contributed by atoms with Gasteiger partial charge in [-0.05, 0) is 37.3 Å². The summed E-state index contributed by atoms with van der Waals surface area (Å²) in [7, 11) is 0. The van der Waals surface area contributed by atoms with Crippen molar-refractivity contribution in [1.29, 1.82) is 0 Å². The molecular formula is C19H15N7. The lowest BCUT2D eigenvalue weighted by Crippen LogP contribution is -2.02. The molecule has 1 aromatic carbocycles. The van der Waals surface area contributed by atoms with Crippen molar-refractivity contribution in [3.8, 4) is 17.1 Å². The standard InChI is InChI=1S/C19H15N7/c1-11-24-16(17-18(25-11)23-10-22-17)13-4-3-8-21-19(13)26-9-7-12-14(20)5-2-6-15(12)26/h2-10H,20H2,1H3,(H,22,23,24,25). The first kappa shape index (κ1) is 14.6. The smallest absolute Gasteiger partial charge is 0.161 e. The van der Waals surface area contributed by atoms with Crippen LogP contribution in [-0.2, 0) is 0 Å². The molecule has 5 rings (SSSR count). The van der Waals surface area contributed by atoms with Gasteiger partial charge in [-0.2, -0.15) is 0 Å². The van der Waals surface area contributed by atoms with Crippen LogP contribution in [0.25, 0.3) is 39.1 Å². The van der Waals surface area contributed by atoms with Crippen LogP contribution in [-0.4, -0.2) is 29.5 Å². The summed E-state index contributed by atoms with van der Waals surface area (Å²) in [6, 6.07) is 11.8. The number of nitrogens with zero attached hydrogens (tertiary/aromatic N) is 5. The third-order valence-electron chi connectivity index (χ3n) is 4.43. The molecule has 0 aliphatic carbocycles. The Morgan fingerprint density at radius 1 is 1.04 bits per heavy atom. The lowest BCUT2D eigenvalue weighted by atomic mass is 10.1. The van der Waals surface area contributed by atoms with Crippen LogP contribution in [0.3, 0.4) is 0 Å². The molecule has 0 saturated carbocycles. The zero-order valence-electron chi connectivity index (χ0n) is 14.0. The van der Waals surface area contributed by atoms with E-state index in [1.165, 1.54) is 0 Å². The molecule has 0 radical (unpaired) electrons. The maximum atomic E-state index is 6.11. The Balaban J connectivity index is 1.83. The molecule has 26 heavy (non-hydrogen) atoms. The number of H-pyrrole nitrogens is 1. The van der Waals surface area contributed by atoms with E-state index in [1.54, 1.807) is 12.5 Å². The number of imidazole rings is 1. The molecule has 0 saturated heterocycles. The van der Waals surface area contributed by atoms with Gasteiger partial charge in [0.25, 0.3) is 0 Å². The number of aryl methyl sites for hydroxylation is 1. The highest BCUT2D eigenvalue weighted by molar-refractivity contribution is 5.94. The van der Waals surface area contributed by atoms with Crippen molar-refractivity contribution in [2.75, 3.05) is 5.73 Å². The van der Waals surface area contributed by atoms with E-state index in [0.717, 1.165) is 39.2 Å². The van der Waals surface area contributed by atoms with Crippen LogP contribution in [0.4, 0.5) is 5.69 Å². The number of hydrogen-bond donors (Lipinski definition) is 2. The molecule has 0 bridgehead atoms. The van der Waals surface area contributed by atoms with Gasteiger partial charge in [0, 0.05) is 29.0 Å². The summed E-state index contributed by atoms with van der Waals surface area (Å²) < 4.78 is 2.02. The zero-order chi connectivity index (χ0) is 17.7. The van der Waals surface area contributed by atoms with Crippen molar-refractivity contribution in [2.24, 2.45) is 0 Å². The fourth-order valence-electron chi connectivity index (χ4n) is 3.29. The van der Waals surface area contributed by atoms with Crippen molar-refractivity contribution in [1.82, 2.24) is 29.5 Å². The van der Waals surface area contributed by atoms with Crippen LogP contribution >= 0.6 is 0 Å². The highest BCUT2D eigenvalue weighted by Crippen LogP contribution is 2.31. The van der Waals surface area contributed by atoms with Crippen molar-refractivity contribution >= 4 is 27.8 Å². The van der Waals surface area contributed by atoms with Crippen LogP contribution in [0.1, 0.15) is 5.82 Å². The van der Waals surface area contributed by atoms with Gasteiger partial charge in [0.2, 0.25) is 0 Å². The molecular weight excluding hydrogens is 326 g/mol. The summed E-state index contributed by atoms with van der Waals surface area (Å²) >= 11 is 0. The lowest BCUT2D eigenvalue weighted by molar-refractivity contribution is 1.03. The van der Waals surface area contributed by atoms with Crippen LogP contribution in [0.2, 0.25) is 0 Å². The number of hydrogen-bond acceptors (Lipinski definition) is 5. The number of benzene rings is 1. The van der Waals surface area contributed by atoms with Crippen molar-refractivity contribution in [3.63, 3.8) is 0 Å². The molecule has 0 atom stereocenters. The second-order valence-corrected chi connectivity index (χ2v) is 6.06. The molecule has 7 nitrogen and oxygen atoms in total. The SMILES string of the molecule is Cc1nc(-c2cccnc2-n2ccc3c(N)cccc32)c2nc[nH]c2n1. The molecule has 0 unspecified atom stereocenters. The number of aromatic amines is 1. The van der Waals surface area contributed by atoms with E-state index in [1.807, 2.05) is 54.1 Å². The number of nitrogens with two attached hydrogens (primary N) is 1. The highest BCUT2D eigenvalue weighted by Gasteiger charge is 2.17. The van der Waals surface area contributed by atoms with E-state index in [9.17, 15) is 0 Å². The predicted molar refractivity (Wildman–Crippen MR) is 101 cm³/mol. The first-order valence-corrected chi connectivity index (χ1v) is 8.21. The van der Waals surface area contributed by atoms with Crippen LogP contribution < -0.4 is 5.73 Å². The molecule has 4 aromatic heterocycles. The van der Waals surface area contributed by atoms with Gasteiger partial charge in [0.05, 0.1) is 11.8 Å². The number of aromatic nitrogens is 6. The van der Waals surface area contributed by atoms with E-state index >= 15 is 0 Å². The number of nitrogens with one attached hydrogen (secondary N) is 1. The van der Waals surface area contributed by atoms with Gasteiger partial charge in [0.15, 0.2) is 5.65 Å². The molecule has 4 heterocycles. The van der Waals surface area contributed by atoms with Crippen molar-refractivity contribution in [2.45, 2.75) is 6.92 Å². The third kappa shape index (κ3) is 2.07. The normalized spacial score (nSPS) is 11.4. The summed E-state index contributed by atoms with van der Waals surface area (Å²) in [6.07, 6.45) is 5.37. The van der Waals surface area contributed by atoms with E-state index < -0.39 is 0 Å². The van der Waals surface area contributed by atoms with Gasteiger partial charge in [0.1, 0.15) is 22.9 Å². The van der Waals surface area contributed by atoms with E-state index in [2.05, 4.69) is 24.9 Å². The Morgan fingerprint density at radius 3 is 2.88 bits per heavy atom. The van der Waals surface area contributed by atoms with Crippen molar-refractivity contribution in [3.05, 3.63) is 60.9 Å². The van der Waals surface area contributed by atoms with Crippen LogP contribution in [0.5, 0.6) is 0 Å². The maximum Gasteiger partial charge on any atom is 0.161 e. The summed E-state index contributed by atoms with van der Waals surface area (Å²) in [5, 5.41) is 0.993. The summed E-state index contributed by atoms with van der Waals surface area (Å²) in [6.45, 7) is 1.87. The first-order valence-electron chi connectivity index (χ1n) is 8.21. The monoisotopic (exact) mass is 341 g/mol. The largest absolute Gasteiger partial charge is 0.398 e. The second-order valence-electron chi connectivity index (χ2n) is 6.06. The Kier molecular flexibility index (Phi) is 3.02. The average molecular weight is 341 g/mol. The molecule has 0 amide bonds. The lowest BCUT2D eigenvalue weighted by Gasteiger charge is -2.11. The fourth-order valence-corrected chi connectivity index (χ4v) is 3.29. The Bertz CT molecular complexity index is 1270. The fraction of sp³-hybridized carbons (Fsp3) is 0.0526. The van der Waals surface area contributed by atoms with Gasteiger partial charge in [-0.15, -0.1) is 0 Å². The van der Waals surface area contributed by atoms with Gasteiger partial charge in [-0.3, -0.25) is 0 Å². The number of fused-ring (bicyclic) bond motifs is 2. The average Bonchev–Trinajstić information content (AvgIpc) is 3.28. The molecule has 5 aromatic rings. The van der Waals surface area contributed by atoms with Gasteiger partial charge >= 0.3 is 0 Å². The highest BCUT2D eigenvalue weighted by atomic mass is 15.1. The second kappa shape index (κ2) is 5.38. The molecule has 0 fully saturated rings. The first-order chi connectivity index (χ1) is 12.7. The molecule has 0 aliphatic heterocycles. The maximum absolute atomic E-state index is 6.11. The Labute approximate surface area is 148 Å². The number of pyridine rings is 1. The summed E-state index contributed by atoms with van der Waals surface area (Å²) in [5.41, 5.74) is 10.9. The quantitative estimate of drug-likeness (QED) is 0.480. The number of anilines is 1. The molecule has 7 heteroatoms. The van der Waals surface area contributed by atoms with E-state index in [0.29, 0.717) is 11.5 Å². The zero-order valence-corrected chi connectivity index (χ0v) is 14.0. The topological polar surface area (TPSA) is 98.3 Å². The van der Waals surface area contributed by atoms with E-state index in [4.69, 9.17) is 5.73 Å². The van der Waals surface area contributed by atoms with Crippen LogP contribution in [0.15, 0.2) is 55.1 Å². The molecule has 3 N–H and O–H groups in total. The minimum atomic E-state index is 0.674. The summed E-state index contributed by atoms with van der Waals surface area (Å²) in [5.74, 6) is 1.45. The van der Waals surface area contributed by atoms with Gasteiger partial charge < -0.3 is 15.3 Å². The predicted octanol–water partition coefficient (Wildman–Crippen LogP) is 3.25. The molecule has 0 spiro atoms.